The van der Waals surface area contributed by atoms with Crippen molar-refractivity contribution in [2.24, 2.45) is 0 Å². The van der Waals surface area contributed by atoms with E-state index in [1.807, 2.05) is 18.2 Å². The van der Waals surface area contributed by atoms with Crippen LogP contribution in [-0.4, -0.2) is 26.3 Å². The molecule has 1 atom stereocenters. The molecule has 0 amide bonds. The van der Waals surface area contributed by atoms with Crippen LogP contribution in [0.4, 0.5) is 5.69 Å². The number of nitriles is 1. The molecule has 0 aliphatic rings. The van der Waals surface area contributed by atoms with Gasteiger partial charge in [-0.1, -0.05) is 6.92 Å². The number of hydrogen-bond acceptors (Lipinski definition) is 3. The maximum atomic E-state index is 8.93. The van der Waals surface area contributed by atoms with Gasteiger partial charge in [-0.2, -0.15) is 5.26 Å². The van der Waals surface area contributed by atoms with E-state index >= 15 is 0 Å². The second-order valence-electron chi connectivity index (χ2n) is 4.22. The molecular formula is C14H19BrN2O. The summed E-state index contributed by atoms with van der Waals surface area (Å²) >= 11 is 3.43. The number of ether oxygens (including phenoxy) is 1. The van der Waals surface area contributed by atoms with Crippen LogP contribution in [0.3, 0.4) is 0 Å². The summed E-state index contributed by atoms with van der Waals surface area (Å²) in [5.41, 5.74) is 1.78. The highest BCUT2D eigenvalue weighted by molar-refractivity contribution is 9.10. The van der Waals surface area contributed by atoms with Gasteiger partial charge in [0.05, 0.1) is 12.2 Å². The van der Waals surface area contributed by atoms with Crippen molar-refractivity contribution in [1.29, 1.82) is 5.26 Å². The van der Waals surface area contributed by atoms with E-state index in [4.69, 9.17) is 10.00 Å². The minimum absolute atomic E-state index is 0.444. The summed E-state index contributed by atoms with van der Waals surface area (Å²) in [5.74, 6) is 0. The third-order valence-corrected chi connectivity index (χ3v) is 3.72. The number of methoxy groups -OCH3 is 1. The average Bonchev–Trinajstić information content (AvgIpc) is 2.39. The zero-order chi connectivity index (χ0) is 13.5. The van der Waals surface area contributed by atoms with E-state index in [0.717, 1.165) is 23.1 Å². The monoisotopic (exact) mass is 310 g/mol. The van der Waals surface area contributed by atoms with Gasteiger partial charge in [0.2, 0.25) is 0 Å². The van der Waals surface area contributed by atoms with Gasteiger partial charge in [0.15, 0.2) is 0 Å². The summed E-state index contributed by atoms with van der Waals surface area (Å²) in [6.45, 7) is 5.91. The minimum Gasteiger partial charge on any atom is -0.383 e. The van der Waals surface area contributed by atoms with Gasteiger partial charge < -0.3 is 9.64 Å². The van der Waals surface area contributed by atoms with Crippen LogP contribution in [0.15, 0.2) is 22.7 Å². The highest BCUT2D eigenvalue weighted by atomic mass is 79.9. The van der Waals surface area contributed by atoms with Gasteiger partial charge in [-0.25, -0.2) is 0 Å². The van der Waals surface area contributed by atoms with Crippen molar-refractivity contribution in [3.05, 3.63) is 28.2 Å². The molecule has 3 nitrogen and oxygen atoms in total. The highest BCUT2D eigenvalue weighted by Gasteiger charge is 2.13. The minimum atomic E-state index is 0.444. The summed E-state index contributed by atoms with van der Waals surface area (Å²) in [4.78, 5) is 2.30. The standard InChI is InChI=1S/C14H19BrN2O/c1-4-11(2)17(7-8-18-3)13-6-5-12(10-16)14(15)9-13/h5-6,9,11H,4,7-8H2,1-3H3. The van der Waals surface area contributed by atoms with Crippen molar-refractivity contribution < 1.29 is 4.74 Å². The van der Waals surface area contributed by atoms with E-state index in [0.29, 0.717) is 18.2 Å². The van der Waals surface area contributed by atoms with E-state index in [1.165, 1.54) is 0 Å². The lowest BCUT2D eigenvalue weighted by Gasteiger charge is -2.30. The Morgan fingerprint density at radius 1 is 1.50 bits per heavy atom. The summed E-state index contributed by atoms with van der Waals surface area (Å²) in [5, 5.41) is 8.93. The molecule has 1 rings (SSSR count). The second-order valence-corrected chi connectivity index (χ2v) is 5.07. The van der Waals surface area contributed by atoms with Gasteiger partial charge in [0.1, 0.15) is 6.07 Å². The molecule has 1 aromatic carbocycles. The van der Waals surface area contributed by atoms with Crippen LogP contribution in [-0.2, 0) is 4.74 Å². The zero-order valence-corrected chi connectivity index (χ0v) is 12.7. The second kappa shape index (κ2) is 7.40. The van der Waals surface area contributed by atoms with Gasteiger partial charge in [0.25, 0.3) is 0 Å². The van der Waals surface area contributed by atoms with Crippen molar-refractivity contribution in [2.75, 3.05) is 25.2 Å². The van der Waals surface area contributed by atoms with Gasteiger partial charge in [-0.15, -0.1) is 0 Å². The maximum Gasteiger partial charge on any atom is 0.100 e. The molecular weight excluding hydrogens is 292 g/mol. The summed E-state index contributed by atoms with van der Waals surface area (Å²) < 4.78 is 6.00. The number of halogens is 1. The fourth-order valence-electron chi connectivity index (χ4n) is 1.79. The Balaban J connectivity index is 2.98. The van der Waals surface area contributed by atoms with E-state index < -0.39 is 0 Å². The number of benzene rings is 1. The van der Waals surface area contributed by atoms with Gasteiger partial charge in [0, 0.05) is 29.9 Å². The van der Waals surface area contributed by atoms with Crippen molar-refractivity contribution in [1.82, 2.24) is 0 Å². The summed E-state index contributed by atoms with van der Waals surface area (Å²) in [7, 11) is 1.71. The summed E-state index contributed by atoms with van der Waals surface area (Å²) in [6.07, 6.45) is 1.07. The lowest BCUT2D eigenvalue weighted by molar-refractivity contribution is 0.203. The average molecular weight is 311 g/mol. The molecule has 0 aromatic heterocycles. The van der Waals surface area contributed by atoms with Gasteiger partial charge in [-0.05, 0) is 47.5 Å². The van der Waals surface area contributed by atoms with E-state index in [-0.39, 0.29) is 0 Å². The van der Waals surface area contributed by atoms with Crippen LogP contribution in [0.1, 0.15) is 25.8 Å². The van der Waals surface area contributed by atoms with Crippen LogP contribution in [0.2, 0.25) is 0 Å². The van der Waals surface area contributed by atoms with Crippen LogP contribution in [0, 0.1) is 11.3 Å². The number of anilines is 1. The fourth-order valence-corrected chi connectivity index (χ4v) is 2.24. The molecule has 0 saturated carbocycles. The quantitative estimate of drug-likeness (QED) is 0.806. The molecule has 0 aliphatic heterocycles. The molecule has 0 heterocycles. The van der Waals surface area contributed by atoms with Crippen LogP contribution in [0.25, 0.3) is 0 Å². The van der Waals surface area contributed by atoms with Crippen LogP contribution >= 0.6 is 15.9 Å². The fraction of sp³-hybridized carbons (Fsp3) is 0.500. The Morgan fingerprint density at radius 2 is 2.22 bits per heavy atom. The molecule has 0 N–H and O–H groups in total. The van der Waals surface area contributed by atoms with Crippen molar-refractivity contribution in [3.63, 3.8) is 0 Å². The normalized spacial score (nSPS) is 11.9. The smallest absolute Gasteiger partial charge is 0.100 e. The first kappa shape index (κ1) is 15.0. The molecule has 1 aromatic rings. The van der Waals surface area contributed by atoms with Crippen molar-refractivity contribution in [3.8, 4) is 6.07 Å². The Kier molecular flexibility index (Phi) is 6.17. The zero-order valence-electron chi connectivity index (χ0n) is 11.1. The van der Waals surface area contributed by atoms with E-state index in [2.05, 4.69) is 40.7 Å². The maximum absolute atomic E-state index is 8.93. The molecule has 4 heteroatoms. The predicted octanol–water partition coefficient (Wildman–Crippen LogP) is 3.57. The topological polar surface area (TPSA) is 36.3 Å². The van der Waals surface area contributed by atoms with Gasteiger partial charge >= 0.3 is 0 Å². The van der Waals surface area contributed by atoms with Crippen LogP contribution in [0.5, 0.6) is 0 Å². The number of rotatable bonds is 6. The SMILES string of the molecule is CCC(C)N(CCOC)c1ccc(C#N)c(Br)c1. The largest absolute Gasteiger partial charge is 0.383 e. The Morgan fingerprint density at radius 3 is 2.72 bits per heavy atom. The molecule has 0 bridgehead atoms. The Bertz CT molecular complexity index is 428. The Labute approximate surface area is 117 Å². The predicted molar refractivity (Wildman–Crippen MR) is 77.8 cm³/mol. The molecule has 1 unspecified atom stereocenters. The number of nitrogens with zero attached hydrogens (tertiary/aromatic N) is 2. The molecule has 0 spiro atoms. The first-order chi connectivity index (χ1) is 8.63. The third kappa shape index (κ3) is 3.72. The molecule has 18 heavy (non-hydrogen) atoms. The Hall–Kier alpha value is -1.05. The molecule has 0 saturated heterocycles. The number of hydrogen-bond donors (Lipinski definition) is 0. The third-order valence-electron chi connectivity index (χ3n) is 3.06. The van der Waals surface area contributed by atoms with Gasteiger partial charge in [-0.3, -0.25) is 0 Å². The first-order valence-corrected chi connectivity index (χ1v) is 6.88. The van der Waals surface area contributed by atoms with E-state index in [9.17, 15) is 0 Å². The molecule has 98 valence electrons. The molecule has 0 radical (unpaired) electrons. The molecule has 0 fully saturated rings. The van der Waals surface area contributed by atoms with Crippen LogP contribution < -0.4 is 4.90 Å². The summed E-state index contributed by atoms with van der Waals surface area (Å²) in [6, 6.07) is 8.44. The van der Waals surface area contributed by atoms with E-state index in [1.54, 1.807) is 7.11 Å². The lowest BCUT2D eigenvalue weighted by Crippen LogP contribution is -2.35. The lowest BCUT2D eigenvalue weighted by atomic mass is 10.1. The van der Waals surface area contributed by atoms with Crippen molar-refractivity contribution in [2.45, 2.75) is 26.3 Å². The first-order valence-electron chi connectivity index (χ1n) is 6.09. The molecule has 0 aliphatic carbocycles. The highest BCUT2D eigenvalue weighted by Crippen LogP contribution is 2.25. The van der Waals surface area contributed by atoms with Crippen molar-refractivity contribution >= 4 is 21.6 Å².